The first kappa shape index (κ1) is 27.7. The van der Waals surface area contributed by atoms with Gasteiger partial charge in [-0.1, -0.05) is 0 Å². The minimum absolute atomic E-state index is 1.25. The first-order valence-electron chi connectivity index (χ1n) is 7.21. The van der Waals surface area contributed by atoms with Crippen LogP contribution in [0.15, 0.2) is 49.1 Å². The van der Waals surface area contributed by atoms with E-state index in [9.17, 15) is 26.3 Å². The van der Waals surface area contributed by atoms with Gasteiger partial charge in [0.1, 0.15) is 14.1 Å². The van der Waals surface area contributed by atoms with Gasteiger partial charge in [-0.2, -0.15) is 26.3 Å². The Morgan fingerprint density at radius 3 is 0.933 bits per heavy atom. The molecule has 0 unspecified atom stereocenters. The molecule has 0 aliphatic carbocycles. The van der Waals surface area contributed by atoms with Gasteiger partial charge >= 0.3 is 11.0 Å². The lowest BCUT2D eigenvalue weighted by atomic mass is 10.1. The average molecular weight is 483 g/mol. The van der Waals surface area contributed by atoms with Gasteiger partial charge in [-0.05, 0) is 11.1 Å². The molecule has 0 amide bonds. The number of hydrogen-bond acceptors (Lipinski definition) is 6. The molecule has 2 rings (SSSR count). The minimum Gasteiger partial charge on any atom is -0.741 e. The molecule has 8 nitrogen and oxygen atoms in total. The van der Waals surface area contributed by atoms with E-state index in [1.54, 1.807) is 0 Å². The van der Waals surface area contributed by atoms with Gasteiger partial charge in [-0.3, -0.25) is 0 Å². The van der Waals surface area contributed by atoms with E-state index in [2.05, 4.69) is 49.1 Å². The van der Waals surface area contributed by atoms with E-state index in [-0.39, 0.29) is 0 Å². The summed E-state index contributed by atoms with van der Waals surface area (Å²) in [4.78, 5) is 0. The van der Waals surface area contributed by atoms with E-state index >= 15 is 0 Å². The third kappa shape index (κ3) is 9.95. The molecule has 0 spiro atoms. The minimum atomic E-state index is -6.09. The predicted molar refractivity (Wildman–Crippen MR) is 85.7 cm³/mol. The van der Waals surface area contributed by atoms with E-state index in [0.717, 1.165) is 0 Å². The van der Waals surface area contributed by atoms with Gasteiger partial charge in [0, 0.05) is 24.3 Å². The standard InChI is InChI=1S/C12H14N2.2CHF3O3S/c1-13-7-3-11(4-8-13)12-5-9-14(2)10-6-12;2*2-1(3,4)8(5,6)7/h3-10H,1-2H3;2*(H,5,6,7)/q+2;;/p-2/i1-1;;. The monoisotopic (exact) mass is 483 g/mol. The van der Waals surface area contributed by atoms with Crippen LogP contribution < -0.4 is 9.13 Å². The zero-order valence-corrected chi connectivity index (χ0v) is 16.7. The average Bonchev–Trinajstić information content (AvgIpc) is 2.54. The Morgan fingerprint density at radius 2 is 0.800 bits per heavy atom. The number of hydrogen-bond donors (Lipinski definition) is 0. The van der Waals surface area contributed by atoms with Gasteiger partial charge in [-0.25, -0.2) is 26.0 Å². The van der Waals surface area contributed by atoms with Crippen LogP contribution in [0.5, 0.6) is 0 Å². The molecule has 0 atom stereocenters. The quantitative estimate of drug-likeness (QED) is 0.259. The van der Waals surface area contributed by atoms with Crippen LogP contribution in [-0.2, 0) is 34.3 Å². The van der Waals surface area contributed by atoms with Crippen molar-refractivity contribution in [3.63, 3.8) is 0 Å². The molecule has 0 radical (unpaired) electrons. The van der Waals surface area contributed by atoms with Crippen molar-refractivity contribution in [2.45, 2.75) is 11.0 Å². The summed E-state index contributed by atoms with van der Waals surface area (Å²) in [7, 11) is -8.14. The number of nitrogens with zero attached hydrogens (tertiary/aromatic N) is 2. The zero-order chi connectivity index (χ0) is 24.0. The Bertz CT molecular complexity index is 933. The summed E-state index contributed by atoms with van der Waals surface area (Å²) in [5.41, 5.74) is -8.78. The zero-order valence-electron chi connectivity index (χ0n) is 15.0. The van der Waals surface area contributed by atoms with E-state index in [4.69, 9.17) is 25.9 Å². The lowest BCUT2D eigenvalue weighted by Crippen LogP contribution is -2.26. The first-order valence-corrected chi connectivity index (χ1v) is 10.0. The summed E-state index contributed by atoms with van der Waals surface area (Å²) < 4.78 is 122. The van der Waals surface area contributed by atoms with Gasteiger partial charge in [0.05, 0.1) is 0 Å². The summed E-state index contributed by atoms with van der Waals surface area (Å²) in [6.07, 6.45) is 8.23. The fourth-order valence-electron chi connectivity index (χ4n) is 1.39. The second-order valence-electron chi connectivity index (χ2n) is 5.30. The number of alkyl halides is 6. The molecule has 30 heavy (non-hydrogen) atoms. The molecular formula is C14H14F6N2O6S2. The number of aryl methyl sites for hydroxylation is 2. The molecule has 0 saturated carbocycles. The van der Waals surface area contributed by atoms with Crippen molar-refractivity contribution in [3.8, 4) is 11.1 Å². The van der Waals surface area contributed by atoms with Gasteiger partial charge in [-0.15, -0.1) is 0 Å². The molecule has 0 aromatic carbocycles. The molecule has 0 fully saturated rings. The molecule has 0 aliphatic heterocycles. The topological polar surface area (TPSA) is 122 Å². The Kier molecular flexibility index (Phi) is 9.36. The molecule has 0 saturated heterocycles. The Balaban J connectivity index is 0.000000456. The van der Waals surface area contributed by atoms with Crippen molar-refractivity contribution in [2.24, 2.45) is 14.1 Å². The molecule has 2 aromatic heterocycles. The van der Waals surface area contributed by atoms with Crippen LogP contribution in [0.25, 0.3) is 11.1 Å². The maximum Gasteiger partial charge on any atom is 0.485 e. The number of pyridine rings is 2. The normalized spacial score (nSPS) is 12.2. The van der Waals surface area contributed by atoms with E-state index in [1.807, 2.05) is 23.2 Å². The van der Waals surface area contributed by atoms with Crippen molar-refractivity contribution < 1.29 is 61.4 Å². The summed E-state index contributed by atoms with van der Waals surface area (Å²) in [6.45, 7) is 0. The highest BCUT2D eigenvalue weighted by Crippen LogP contribution is 2.21. The van der Waals surface area contributed by atoms with Crippen molar-refractivity contribution >= 4 is 20.2 Å². The Morgan fingerprint density at radius 1 is 0.633 bits per heavy atom. The summed E-state index contributed by atoms with van der Waals surface area (Å²) >= 11 is 0. The van der Waals surface area contributed by atoms with Crippen molar-refractivity contribution in [1.82, 2.24) is 0 Å². The third-order valence-corrected chi connectivity index (χ3v) is 3.99. The largest absolute Gasteiger partial charge is 0.741 e. The molecule has 2 aromatic rings. The molecular weight excluding hydrogens is 469 g/mol. The smallest absolute Gasteiger partial charge is 0.485 e. The number of aromatic nitrogens is 2. The lowest BCUT2D eigenvalue weighted by Gasteiger charge is -2.08. The highest BCUT2D eigenvalue weighted by atomic mass is 32.2. The van der Waals surface area contributed by atoms with Crippen LogP contribution in [0.3, 0.4) is 0 Å². The predicted octanol–water partition coefficient (Wildman–Crippen LogP) is 1.11. The van der Waals surface area contributed by atoms with E-state index in [1.165, 1.54) is 11.1 Å². The van der Waals surface area contributed by atoms with Crippen LogP contribution in [0, 0.1) is 0 Å². The first-order chi connectivity index (χ1) is 13.3. The van der Waals surface area contributed by atoms with E-state index < -0.39 is 31.3 Å². The maximum absolute atomic E-state index is 10.7. The second kappa shape index (κ2) is 10.1. The molecule has 0 N–H and O–H groups in total. The lowest BCUT2D eigenvalue weighted by molar-refractivity contribution is -0.671. The fraction of sp³-hybridized carbons (Fsp3) is 0.286. The van der Waals surface area contributed by atoms with Crippen LogP contribution in [-0.4, -0.2) is 37.0 Å². The van der Waals surface area contributed by atoms with E-state index in [0.29, 0.717) is 0 Å². The summed E-state index contributed by atoms with van der Waals surface area (Å²) in [5, 5.41) is 0. The Labute approximate surface area is 167 Å². The van der Waals surface area contributed by atoms with Gasteiger partial charge in [0.15, 0.2) is 45.0 Å². The highest BCUT2D eigenvalue weighted by Gasteiger charge is 2.37. The molecule has 0 bridgehead atoms. The molecule has 0 aliphatic rings. The van der Waals surface area contributed by atoms with Gasteiger partial charge in [0.2, 0.25) is 0 Å². The maximum atomic E-state index is 10.7. The second-order valence-corrected chi connectivity index (χ2v) is 8.05. The van der Waals surface area contributed by atoms with Crippen molar-refractivity contribution in [3.05, 3.63) is 49.1 Å². The van der Waals surface area contributed by atoms with Crippen molar-refractivity contribution in [2.75, 3.05) is 0 Å². The van der Waals surface area contributed by atoms with Crippen LogP contribution in [0.4, 0.5) is 26.3 Å². The van der Waals surface area contributed by atoms with Crippen molar-refractivity contribution in [1.29, 1.82) is 0 Å². The third-order valence-electron chi connectivity index (χ3n) is 2.86. The number of rotatable bonds is 1. The SMILES string of the molecule is C[n+]1ccc(-c2cc[n+]([11CH3])cc2)cc1.O=S(=O)([O-])C(F)(F)F.O=S(=O)([O-])C(F)(F)F. The fourth-order valence-corrected chi connectivity index (χ4v) is 1.39. The Hall–Kier alpha value is -2.30. The molecule has 16 heteroatoms. The molecule has 2 heterocycles. The van der Waals surface area contributed by atoms with Crippen LogP contribution in [0.1, 0.15) is 0 Å². The van der Waals surface area contributed by atoms with Gasteiger partial charge in [0.25, 0.3) is 0 Å². The van der Waals surface area contributed by atoms with Gasteiger partial charge < -0.3 is 9.11 Å². The molecule has 170 valence electrons. The number of halogens is 6. The van der Waals surface area contributed by atoms with Crippen LogP contribution >= 0.6 is 0 Å². The summed E-state index contributed by atoms with van der Waals surface area (Å²) in [6, 6.07) is 8.48. The van der Waals surface area contributed by atoms with Crippen LogP contribution in [0.2, 0.25) is 0 Å². The summed E-state index contributed by atoms with van der Waals surface area (Å²) in [5.74, 6) is 0. The highest BCUT2D eigenvalue weighted by molar-refractivity contribution is 7.86.